The number of benzene rings is 1. The molecule has 3 aromatic rings. The Morgan fingerprint density at radius 3 is 2.53 bits per heavy atom. The first-order valence-electron chi connectivity index (χ1n) is 5.52. The average Bonchev–Trinajstić information content (AvgIpc) is 2.38. The van der Waals surface area contributed by atoms with E-state index in [2.05, 4.69) is 9.97 Å². The van der Waals surface area contributed by atoms with Gasteiger partial charge in [-0.05, 0) is 30.3 Å². The van der Waals surface area contributed by atoms with Crippen molar-refractivity contribution in [2.45, 2.75) is 0 Å². The minimum atomic E-state index is 0.371. The molecule has 0 bridgehead atoms. The van der Waals surface area contributed by atoms with Crippen LogP contribution in [-0.2, 0) is 0 Å². The maximum atomic E-state index is 6.21. The molecule has 3 rings (SSSR count). The second kappa shape index (κ2) is 4.97. The number of hydrogen-bond acceptors (Lipinski definition) is 2. The zero-order chi connectivity index (χ0) is 13.4. The van der Waals surface area contributed by atoms with Crippen LogP contribution in [0.3, 0.4) is 0 Å². The van der Waals surface area contributed by atoms with Gasteiger partial charge in [0.15, 0.2) is 5.65 Å². The maximum absolute atomic E-state index is 6.21. The highest BCUT2D eigenvalue weighted by Crippen LogP contribution is 2.35. The molecule has 2 nitrogen and oxygen atoms in total. The van der Waals surface area contributed by atoms with E-state index in [1.807, 2.05) is 24.3 Å². The topological polar surface area (TPSA) is 25.8 Å². The number of pyridine rings is 2. The van der Waals surface area contributed by atoms with Crippen molar-refractivity contribution in [3.05, 3.63) is 57.8 Å². The van der Waals surface area contributed by atoms with Crippen LogP contribution in [0.2, 0.25) is 15.2 Å². The predicted octanol–water partition coefficient (Wildman–Crippen LogP) is 5.26. The van der Waals surface area contributed by atoms with Crippen molar-refractivity contribution in [3.63, 3.8) is 0 Å². The first-order chi connectivity index (χ1) is 9.15. The van der Waals surface area contributed by atoms with Crippen LogP contribution >= 0.6 is 34.8 Å². The molecule has 0 saturated heterocycles. The van der Waals surface area contributed by atoms with Gasteiger partial charge in [-0.1, -0.05) is 40.9 Å². The molecule has 0 amide bonds. The van der Waals surface area contributed by atoms with E-state index in [4.69, 9.17) is 34.8 Å². The smallest absolute Gasteiger partial charge is 0.160 e. The molecule has 0 unspecified atom stereocenters. The van der Waals surface area contributed by atoms with E-state index in [-0.39, 0.29) is 0 Å². The molecule has 0 N–H and O–H groups in total. The fourth-order valence-electron chi connectivity index (χ4n) is 1.88. The molecule has 0 fully saturated rings. The van der Waals surface area contributed by atoms with Crippen LogP contribution in [0.1, 0.15) is 0 Å². The van der Waals surface area contributed by atoms with Crippen LogP contribution in [0.25, 0.3) is 22.2 Å². The third-order valence-corrected chi connectivity index (χ3v) is 3.60. The molecular weight excluding hydrogens is 303 g/mol. The maximum Gasteiger partial charge on any atom is 0.160 e. The van der Waals surface area contributed by atoms with E-state index < -0.39 is 0 Å². The zero-order valence-corrected chi connectivity index (χ0v) is 11.8. The van der Waals surface area contributed by atoms with E-state index in [9.17, 15) is 0 Å². The highest BCUT2D eigenvalue weighted by molar-refractivity contribution is 6.38. The van der Waals surface area contributed by atoms with E-state index in [0.29, 0.717) is 20.8 Å². The normalized spacial score (nSPS) is 10.9. The summed E-state index contributed by atoms with van der Waals surface area (Å²) in [6.45, 7) is 0. The van der Waals surface area contributed by atoms with Crippen molar-refractivity contribution in [1.82, 2.24) is 9.97 Å². The summed E-state index contributed by atoms with van der Waals surface area (Å²) >= 11 is 18.3. The SMILES string of the molecule is Clc1ccc(-c2cc3cccnc3nc2Cl)c(Cl)c1. The van der Waals surface area contributed by atoms with E-state index in [0.717, 1.165) is 16.5 Å². The Labute approximate surface area is 125 Å². The number of hydrogen-bond donors (Lipinski definition) is 0. The standard InChI is InChI=1S/C14H7Cl3N2/c15-9-3-4-10(12(16)7-9)11-6-8-2-1-5-18-14(8)19-13(11)17/h1-7H. The summed E-state index contributed by atoms with van der Waals surface area (Å²) in [5.74, 6) is 0. The fraction of sp³-hybridized carbons (Fsp3) is 0. The molecule has 1 aromatic carbocycles. The fourth-order valence-corrected chi connectivity index (χ4v) is 2.63. The Kier molecular flexibility index (Phi) is 3.31. The molecule has 2 heterocycles. The minimum Gasteiger partial charge on any atom is -0.237 e. The highest BCUT2D eigenvalue weighted by Gasteiger charge is 2.11. The van der Waals surface area contributed by atoms with Gasteiger partial charge in [-0.3, -0.25) is 0 Å². The average molecular weight is 310 g/mol. The van der Waals surface area contributed by atoms with Crippen molar-refractivity contribution in [3.8, 4) is 11.1 Å². The number of halogens is 3. The molecule has 2 aromatic heterocycles. The Morgan fingerprint density at radius 2 is 1.74 bits per heavy atom. The van der Waals surface area contributed by atoms with Gasteiger partial charge in [-0.15, -0.1) is 0 Å². The lowest BCUT2D eigenvalue weighted by Crippen LogP contribution is -1.89. The van der Waals surface area contributed by atoms with Gasteiger partial charge in [0.05, 0.1) is 0 Å². The quantitative estimate of drug-likeness (QED) is 0.573. The minimum absolute atomic E-state index is 0.371. The van der Waals surface area contributed by atoms with Gasteiger partial charge in [0.1, 0.15) is 5.15 Å². The molecule has 94 valence electrons. The second-order valence-corrected chi connectivity index (χ2v) is 5.20. The second-order valence-electron chi connectivity index (χ2n) is 4.00. The van der Waals surface area contributed by atoms with Crippen LogP contribution in [0.15, 0.2) is 42.6 Å². The lowest BCUT2D eigenvalue weighted by atomic mass is 10.1. The molecule has 0 aliphatic rings. The van der Waals surface area contributed by atoms with Crippen LogP contribution in [0.4, 0.5) is 0 Å². The van der Waals surface area contributed by atoms with Crippen molar-refractivity contribution >= 4 is 45.8 Å². The molecule has 0 saturated carbocycles. The Morgan fingerprint density at radius 1 is 0.895 bits per heavy atom. The molecule has 0 spiro atoms. The molecule has 0 aliphatic carbocycles. The van der Waals surface area contributed by atoms with Gasteiger partial charge in [0.2, 0.25) is 0 Å². The molecule has 0 aliphatic heterocycles. The summed E-state index contributed by atoms with van der Waals surface area (Å²) in [4.78, 5) is 8.44. The van der Waals surface area contributed by atoms with Crippen LogP contribution in [0, 0.1) is 0 Å². The summed E-state index contributed by atoms with van der Waals surface area (Å²) in [5, 5.41) is 2.41. The summed E-state index contributed by atoms with van der Waals surface area (Å²) < 4.78 is 0. The summed E-state index contributed by atoms with van der Waals surface area (Å²) in [7, 11) is 0. The van der Waals surface area contributed by atoms with Crippen molar-refractivity contribution in [1.29, 1.82) is 0 Å². The van der Waals surface area contributed by atoms with Crippen molar-refractivity contribution in [2.75, 3.05) is 0 Å². The first-order valence-corrected chi connectivity index (χ1v) is 6.65. The van der Waals surface area contributed by atoms with E-state index in [1.54, 1.807) is 18.3 Å². The van der Waals surface area contributed by atoms with Gasteiger partial charge < -0.3 is 0 Å². The Bertz CT molecular complexity index is 772. The van der Waals surface area contributed by atoms with E-state index in [1.165, 1.54) is 0 Å². The largest absolute Gasteiger partial charge is 0.237 e. The molecule has 0 atom stereocenters. The van der Waals surface area contributed by atoms with Crippen LogP contribution in [-0.4, -0.2) is 9.97 Å². The molecule has 19 heavy (non-hydrogen) atoms. The van der Waals surface area contributed by atoms with Gasteiger partial charge in [-0.2, -0.15) is 0 Å². The first kappa shape index (κ1) is 12.7. The third-order valence-electron chi connectivity index (χ3n) is 2.76. The molecule has 0 radical (unpaired) electrons. The third kappa shape index (κ3) is 2.39. The van der Waals surface area contributed by atoms with Crippen LogP contribution < -0.4 is 0 Å². The van der Waals surface area contributed by atoms with Gasteiger partial charge in [-0.25, -0.2) is 9.97 Å². The lowest BCUT2D eigenvalue weighted by molar-refractivity contribution is 1.29. The number of nitrogens with zero attached hydrogens (tertiary/aromatic N) is 2. The van der Waals surface area contributed by atoms with E-state index >= 15 is 0 Å². The predicted molar refractivity (Wildman–Crippen MR) is 80.0 cm³/mol. The Balaban J connectivity index is 2.27. The van der Waals surface area contributed by atoms with Crippen molar-refractivity contribution < 1.29 is 0 Å². The lowest BCUT2D eigenvalue weighted by Gasteiger charge is -2.08. The van der Waals surface area contributed by atoms with Crippen LogP contribution in [0.5, 0.6) is 0 Å². The summed E-state index contributed by atoms with van der Waals surface area (Å²) in [6, 6.07) is 11.0. The Hall–Kier alpha value is -1.35. The summed E-state index contributed by atoms with van der Waals surface area (Å²) in [5.41, 5.74) is 2.18. The molecule has 5 heteroatoms. The highest BCUT2D eigenvalue weighted by atomic mass is 35.5. The van der Waals surface area contributed by atoms with Gasteiger partial charge in [0.25, 0.3) is 0 Å². The number of aromatic nitrogens is 2. The molecular formula is C14H7Cl3N2. The number of fused-ring (bicyclic) bond motifs is 1. The van der Waals surface area contributed by atoms with Crippen molar-refractivity contribution in [2.24, 2.45) is 0 Å². The monoisotopic (exact) mass is 308 g/mol. The zero-order valence-electron chi connectivity index (χ0n) is 9.57. The van der Waals surface area contributed by atoms with Gasteiger partial charge >= 0.3 is 0 Å². The summed E-state index contributed by atoms with van der Waals surface area (Å²) in [6.07, 6.45) is 1.68. The number of rotatable bonds is 1. The van der Waals surface area contributed by atoms with Gasteiger partial charge in [0, 0.05) is 32.8 Å².